The monoisotopic (exact) mass is 208 g/mol. The van der Waals surface area contributed by atoms with E-state index in [0.717, 1.165) is 30.8 Å². The molecule has 1 aromatic rings. The van der Waals surface area contributed by atoms with E-state index in [4.69, 9.17) is 14.6 Å². The van der Waals surface area contributed by atoms with Crippen molar-refractivity contribution >= 4 is 5.97 Å². The van der Waals surface area contributed by atoms with E-state index in [1.54, 1.807) is 12.1 Å². The van der Waals surface area contributed by atoms with Crippen molar-refractivity contribution in [3.05, 3.63) is 23.8 Å². The van der Waals surface area contributed by atoms with Crippen molar-refractivity contribution in [3.63, 3.8) is 0 Å². The molecule has 15 heavy (non-hydrogen) atoms. The first-order valence-corrected chi connectivity index (χ1v) is 4.86. The lowest BCUT2D eigenvalue weighted by atomic mass is 10.1. The van der Waals surface area contributed by atoms with Crippen LogP contribution in [0, 0.1) is 0 Å². The van der Waals surface area contributed by atoms with Gasteiger partial charge >= 0.3 is 5.97 Å². The smallest absolute Gasteiger partial charge is 0.341 e. The van der Waals surface area contributed by atoms with E-state index in [2.05, 4.69) is 0 Å². The number of hydrogen-bond donors (Lipinski definition) is 1. The molecule has 0 unspecified atom stereocenters. The first kappa shape index (κ1) is 9.83. The van der Waals surface area contributed by atoms with Crippen LogP contribution in [-0.4, -0.2) is 24.3 Å². The number of carboxylic acid groups (broad SMARTS) is 1. The Kier molecular flexibility index (Phi) is 2.76. The molecule has 0 saturated heterocycles. The summed E-state index contributed by atoms with van der Waals surface area (Å²) in [6, 6.07) is 5.44. The molecule has 4 heteroatoms. The molecule has 80 valence electrons. The van der Waals surface area contributed by atoms with Gasteiger partial charge in [0.15, 0.2) is 6.61 Å². The van der Waals surface area contributed by atoms with Gasteiger partial charge in [0.2, 0.25) is 0 Å². The molecule has 1 heterocycles. The first-order chi connectivity index (χ1) is 7.25. The number of fused-ring (bicyclic) bond motifs is 1. The van der Waals surface area contributed by atoms with Gasteiger partial charge in [-0.1, -0.05) is 6.07 Å². The molecular weight excluding hydrogens is 196 g/mol. The lowest BCUT2D eigenvalue weighted by Crippen LogP contribution is -2.11. The van der Waals surface area contributed by atoms with Gasteiger partial charge in [-0.25, -0.2) is 4.79 Å². The zero-order valence-corrected chi connectivity index (χ0v) is 8.23. The molecule has 0 fully saturated rings. The lowest BCUT2D eigenvalue weighted by molar-refractivity contribution is -0.139. The average Bonchev–Trinajstić information content (AvgIpc) is 2.26. The summed E-state index contributed by atoms with van der Waals surface area (Å²) in [6.45, 7) is 0.397. The molecule has 0 spiro atoms. The second-order valence-electron chi connectivity index (χ2n) is 3.40. The van der Waals surface area contributed by atoms with Gasteiger partial charge in [-0.2, -0.15) is 0 Å². The number of rotatable bonds is 3. The summed E-state index contributed by atoms with van der Waals surface area (Å²) in [7, 11) is 0. The maximum absolute atomic E-state index is 10.3. The summed E-state index contributed by atoms with van der Waals surface area (Å²) in [5.74, 6) is 0.371. The Balaban J connectivity index is 2.10. The van der Waals surface area contributed by atoms with Crippen LogP contribution >= 0.6 is 0 Å². The van der Waals surface area contributed by atoms with Crippen LogP contribution in [0.15, 0.2) is 18.2 Å². The molecule has 1 aromatic carbocycles. The highest BCUT2D eigenvalue weighted by atomic mass is 16.5. The van der Waals surface area contributed by atoms with Gasteiger partial charge in [0.25, 0.3) is 0 Å². The third-order valence-electron chi connectivity index (χ3n) is 2.25. The zero-order valence-electron chi connectivity index (χ0n) is 8.23. The van der Waals surface area contributed by atoms with Gasteiger partial charge in [0, 0.05) is 6.07 Å². The summed E-state index contributed by atoms with van der Waals surface area (Å²) in [6.07, 6.45) is 2.04. The molecule has 0 radical (unpaired) electrons. The van der Waals surface area contributed by atoms with Gasteiger partial charge < -0.3 is 14.6 Å². The Morgan fingerprint density at radius 3 is 3.20 bits per heavy atom. The van der Waals surface area contributed by atoms with Crippen molar-refractivity contribution < 1.29 is 19.4 Å². The number of benzene rings is 1. The maximum Gasteiger partial charge on any atom is 0.341 e. The summed E-state index contributed by atoms with van der Waals surface area (Å²) >= 11 is 0. The molecule has 0 aliphatic carbocycles. The highest BCUT2D eigenvalue weighted by molar-refractivity contribution is 5.68. The van der Waals surface area contributed by atoms with E-state index in [1.807, 2.05) is 6.07 Å². The highest BCUT2D eigenvalue weighted by Gasteiger charge is 2.11. The maximum atomic E-state index is 10.3. The van der Waals surface area contributed by atoms with Crippen molar-refractivity contribution in [1.29, 1.82) is 0 Å². The number of carboxylic acids is 1. The number of ether oxygens (including phenoxy) is 2. The molecule has 0 aromatic heterocycles. The summed E-state index contributed by atoms with van der Waals surface area (Å²) in [4.78, 5) is 10.3. The molecular formula is C11H12O4. The fraction of sp³-hybridized carbons (Fsp3) is 0.364. The van der Waals surface area contributed by atoms with Crippen LogP contribution in [0.4, 0.5) is 0 Å². The van der Waals surface area contributed by atoms with E-state index < -0.39 is 5.97 Å². The molecule has 0 atom stereocenters. The second-order valence-corrected chi connectivity index (χ2v) is 3.40. The van der Waals surface area contributed by atoms with Crippen LogP contribution in [0.1, 0.15) is 12.0 Å². The van der Waals surface area contributed by atoms with E-state index in [9.17, 15) is 4.79 Å². The average molecular weight is 208 g/mol. The van der Waals surface area contributed by atoms with Gasteiger partial charge in [0.05, 0.1) is 6.61 Å². The zero-order chi connectivity index (χ0) is 10.7. The third-order valence-corrected chi connectivity index (χ3v) is 2.25. The fourth-order valence-corrected chi connectivity index (χ4v) is 1.56. The second kappa shape index (κ2) is 4.21. The third kappa shape index (κ3) is 2.40. The van der Waals surface area contributed by atoms with E-state index in [0.29, 0.717) is 5.75 Å². The van der Waals surface area contributed by atoms with Gasteiger partial charge in [-0.15, -0.1) is 0 Å². The van der Waals surface area contributed by atoms with Crippen LogP contribution in [0.3, 0.4) is 0 Å². The van der Waals surface area contributed by atoms with Crippen molar-refractivity contribution in [1.82, 2.24) is 0 Å². The quantitative estimate of drug-likeness (QED) is 0.817. The van der Waals surface area contributed by atoms with Crippen molar-refractivity contribution in [2.24, 2.45) is 0 Å². The van der Waals surface area contributed by atoms with Crippen molar-refractivity contribution in [2.75, 3.05) is 13.2 Å². The largest absolute Gasteiger partial charge is 0.493 e. The lowest BCUT2D eigenvalue weighted by Gasteiger charge is -2.17. The molecule has 1 aliphatic heterocycles. The van der Waals surface area contributed by atoms with E-state index in [-0.39, 0.29) is 6.61 Å². The first-order valence-electron chi connectivity index (χ1n) is 4.86. The number of carbonyl (C=O) groups is 1. The summed E-state index contributed by atoms with van der Waals surface area (Å²) in [5, 5.41) is 8.46. The predicted molar refractivity (Wildman–Crippen MR) is 53.4 cm³/mol. The molecule has 1 aliphatic rings. The van der Waals surface area contributed by atoms with E-state index in [1.165, 1.54) is 0 Å². The van der Waals surface area contributed by atoms with Gasteiger partial charge in [-0.05, 0) is 24.5 Å². The van der Waals surface area contributed by atoms with Crippen molar-refractivity contribution in [2.45, 2.75) is 12.8 Å². The molecule has 0 amide bonds. The minimum Gasteiger partial charge on any atom is -0.493 e. The number of hydrogen-bond acceptors (Lipinski definition) is 3. The van der Waals surface area contributed by atoms with Crippen LogP contribution in [0.2, 0.25) is 0 Å². The summed E-state index contributed by atoms with van der Waals surface area (Å²) in [5.41, 5.74) is 1.16. The minimum absolute atomic E-state index is 0.321. The molecule has 4 nitrogen and oxygen atoms in total. The Hall–Kier alpha value is -1.71. The number of aliphatic carboxylic acids is 1. The molecule has 0 bridgehead atoms. The van der Waals surface area contributed by atoms with Gasteiger partial charge in [0.1, 0.15) is 11.5 Å². The standard InChI is InChI=1S/C11H12O4/c12-11(13)7-15-9-4-3-8-2-1-5-14-10(8)6-9/h3-4,6H,1-2,5,7H2,(H,12,13). The highest BCUT2D eigenvalue weighted by Crippen LogP contribution is 2.28. The SMILES string of the molecule is O=C(O)COc1ccc2c(c1)OCCC2. The normalized spacial score (nSPS) is 13.9. The molecule has 0 saturated carbocycles. The fourth-order valence-electron chi connectivity index (χ4n) is 1.56. The Morgan fingerprint density at radius 2 is 2.40 bits per heavy atom. The minimum atomic E-state index is -0.978. The summed E-state index contributed by atoms with van der Waals surface area (Å²) < 4.78 is 10.5. The Morgan fingerprint density at radius 1 is 1.53 bits per heavy atom. The van der Waals surface area contributed by atoms with Crippen LogP contribution < -0.4 is 9.47 Å². The Labute approximate surface area is 87.4 Å². The molecule has 2 rings (SSSR count). The van der Waals surface area contributed by atoms with Crippen molar-refractivity contribution in [3.8, 4) is 11.5 Å². The van der Waals surface area contributed by atoms with Gasteiger partial charge in [-0.3, -0.25) is 0 Å². The number of aryl methyl sites for hydroxylation is 1. The van der Waals surface area contributed by atoms with Crippen LogP contribution in [0.25, 0.3) is 0 Å². The topological polar surface area (TPSA) is 55.8 Å². The Bertz CT molecular complexity index is 373. The van der Waals surface area contributed by atoms with E-state index >= 15 is 0 Å². The molecule has 1 N–H and O–H groups in total. The van der Waals surface area contributed by atoms with Crippen LogP contribution in [0.5, 0.6) is 11.5 Å². The van der Waals surface area contributed by atoms with Crippen LogP contribution in [-0.2, 0) is 11.2 Å². The predicted octanol–water partition coefficient (Wildman–Crippen LogP) is 1.47.